The van der Waals surface area contributed by atoms with Gasteiger partial charge in [0.1, 0.15) is 11.4 Å². The van der Waals surface area contributed by atoms with Crippen molar-refractivity contribution in [3.63, 3.8) is 0 Å². The van der Waals surface area contributed by atoms with Gasteiger partial charge in [0.2, 0.25) is 0 Å². The Bertz CT molecular complexity index is 878. The van der Waals surface area contributed by atoms with Crippen LogP contribution in [0.3, 0.4) is 0 Å². The minimum atomic E-state index is -0.230. The number of carbonyl (C=O) groups is 1. The molecule has 6 nitrogen and oxygen atoms in total. The molecule has 0 radical (unpaired) electrons. The standard InChI is InChI=1S/C18H16N4O2S/c23-17(13-3-1-2-4-15(13)24-11-12-5-6-12)22-18-21-10-16(25-18)14-9-19-7-8-20-14/h1-4,7-10,12H,5-6,11H2,(H,21,22,23). The first-order valence-corrected chi connectivity index (χ1v) is 8.86. The van der Waals surface area contributed by atoms with E-state index in [0.29, 0.717) is 29.0 Å². The lowest BCUT2D eigenvalue weighted by Gasteiger charge is -2.10. The molecule has 25 heavy (non-hydrogen) atoms. The van der Waals surface area contributed by atoms with Crippen molar-refractivity contribution >= 4 is 22.4 Å². The summed E-state index contributed by atoms with van der Waals surface area (Å²) in [6, 6.07) is 7.28. The highest BCUT2D eigenvalue weighted by atomic mass is 32.1. The Hall–Kier alpha value is -2.80. The van der Waals surface area contributed by atoms with Crippen molar-refractivity contribution in [2.75, 3.05) is 11.9 Å². The van der Waals surface area contributed by atoms with Crippen molar-refractivity contribution in [3.05, 3.63) is 54.6 Å². The average Bonchev–Trinajstić information content (AvgIpc) is 3.38. The van der Waals surface area contributed by atoms with Gasteiger partial charge in [-0.25, -0.2) is 4.98 Å². The number of amides is 1. The maximum atomic E-state index is 12.6. The number of benzene rings is 1. The molecule has 1 N–H and O–H groups in total. The summed E-state index contributed by atoms with van der Waals surface area (Å²) in [7, 11) is 0. The summed E-state index contributed by atoms with van der Waals surface area (Å²) >= 11 is 1.36. The van der Waals surface area contributed by atoms with Gasteiger partial charge in [-0.1, -0.05) is 23.5 Å². The van der Waals surface area contributed by atoms with E-state index in [0.717, 1.165) is 10.6 Å². The average molecular weight is 352 g/mol. The van der Waals surface area contributed by atoms with Crippen molar-refractivity contribution in [1.82, 2.24) is 15.0 Å². The topological polar surface area (TPSA) is 77.0 Å². The number of nitrogens with zero attached hydrogens (tertiary/aromatic N) is 3. The molecule has 0 spiro atoms. The Balaban J connectivity index is 1.48. The summed E-state index contributed by atoms with van der Waals surface area (Å²) in [5.41, 5.74) is 1.24. The van der Waals surface area contributed by atoms with Gasteiger partial charge >= 0.3 is 0 Å². The van der Waals surface area contributed by atoms with Crippen LogP contribution in [0.2, 0.25) is 0 Å². The van der Waals surface area contributed by atoms with E-state index in [1.54, 1.807) is 30.9 Å². The molecule has 1 amide bonds. The second kappa shape index (κ2) is 6.98. The number of hydrogen-bond acceptors (Lipinski definition) is 6. The highest BCUT2D eigenvalue weighted by molar-refractivity contribution is 7.19. The third-order valence-electron chi connectivity index (χ3n) is 3.84. The molecular formula is C18H16N4O2S. The molecule has 0 aliphatic heterocycles. The Morgan fingerprint density at radius 2 is 2.08 bits per heavy atom. The maximum absolute atomic E-state index is 12.6. The summed E-state index contributed by atoms with van der Waals surface area (Å²) in [4.78, 5) is 26.0. The first-order chi connectivity index (χ1) is 12.3. The molecule has 1 saturated carbocycles. The number of nitrogens with one attached hydrogen (secondary N) is 1. The van der Waals surface area contributed by atoms with E-state index in [4.69, 9.17) is 4.74 Å². The molecular weight excluding hydrogens is 336 g/mol. The van der Waals surface area contributed by atoms with Crippen LogP contribution in [0.4, 0.5) is 5.13 Å². The van der Waals surface area contributed by atoms with Crippen LogP contribution in [0.1, 0.15) is 23.2 Å². The number of thiazole rings is 1. The largest absolute Gasteiger partial charge is 0.492 e. The predicted octanol–water partition coefficient (Wildman–Crippen LogP) is 3.64. The number of anilines is 1. The Kier molecular flexibility index (Phi) is 4.39. The molecule has 0 bridgehead atoms. The normalized spacial score (nSPS) is 13.4. The van der Waals surface area contributed by atoms with Crippen LogP contribution < -0.4 is 10.1 Å². The van der Waals surface area contributed by atoms with Crippen molar-refractivity contribution in [3.8, 4) is 16.3 Å². The molecule has 0 saturated heterocycles. The third kappa shape index (κ3) is 3.83. The van der Waals surface area contributed by atoms with Gasteiger partial charge in [0.25, 0.3) is 5.91 Å². The Morgan fingerprint density at radius 1 is 1.20 bits per heavy atom. The highest BCUT2D eigenvalue weighted by Gasteiger charge is 2.23. The van der Waals surface area contributed by atoms with Crippen molar-refractivity contribution in [2.45, 2.75) is 12.8 Å². The van der Waals surface area contributed by atoms with Gasteiger partial charge < -0.3 is 4.74 Å². The van der Waals surface area contributed by atoms with Crippen LogP contribution in [-0.2, 0) is 0 Å². The minimum absolute atomic E-state index is 0.230. The molecule has 2 heterocycles. The van der Waals surface area contributed by atoms with Gasteiger partial charge in [-0.15, -0.1) is 0 Å². The van der Waals surface area contributed by atoms with Gasteiger partial charge in [-0.05, 0) is 30.9 Å². The lowest BCUT2D eigenvalue weighted by molar-refractivity contribution is 0.102. The van der Waals surface area contributed by atoms with E-state index in [2.05, 4.69) is 20.3 Å². The summed E-state index contributed by atoms with van der Waals surface area (Å²) in [5, 5.41) is 3.35. The molecule has 1 aliphatic rings. The maximum Gasteiger partial charge on any atom is 0.261 e. The summed E-state index contributed by atoms with van der Waals surface area (Å²) in [5.74, 6) is 1.01. The fourth-order valence-electron chi connectivity index (χ4n) is 2.31. The van der Waals surface area contributed by atoms with Crippen LogP contribution in [0.15, 0.2) is 49.1 Å². The summed E-state index contributed by atoms with van der Waals surface area (Å²) < 4.78 is 5.80. The van der Waals surface area contributed by atoms with Gasteiger partial charge in [-0.3, -0.25) is 20.1 Å². The van der Waals surface area contributed by atoms with Crippen LogP contribution in [0, 0.1) is 5.92 Å². The smallest absolute Gasteiger partial charge is 0.261 e. The fourth-order valence-corrected chi connectivity index (χ4v) is 3.09. The van der Waals surface area contributed by atoms with Gasteiger partial charge in [0.05, 0.1) is 23.2 Å². The zero-order valence-corrected chi connectivity index (χ0v) is 14.2. The van der Waals surface area contributed by atoms with Crippen LogP contribution in [0.5, 0.6) is 5.75 Å². The molecule has 1 fully saturated rings. The number of aromatic nitrogens is 3. The van der Waals surface area contributed by atoms with Crippen molar-refractivity contribution < 1.29 is 9.53 Å². The summed E-state index contributed by atoms with van der Waals surface area (Å²) in [6.07, 6.45) is 9.00. The van der Waals surface area contributed by atoms with Crippen LogP contribution in [-0.4, -0.2) is 27.5 Å². The fraction of sp³-hybridized carbons (Fsp3) is 0.222. The van der Waals surface area contributed by atoms with Crippen LogP contribution >= 0.6 is 11.3 Å². The van der Waals surface area contributed by atoms with E-state index in [1.165, 1.54) is 24.2 Å². The molecule has 0 atom stereocenters. The zero-order chi connectivity index (χ0) is 17.1. The Morgan fingerprint density at radius 3 is 2.88 bits per heavy atom. The number of ether oxygens (including phenoxy) is 1. The second-order valence-corrected chi connectivity index (χ2v) is 6.86. The van der Waals surface area contributed by atoms with E-state index in [9.17, 15) is 4.79 Å². The van der Waals surface area contributed by atoms with Crippen molar-refractivity contribution in [2.24, 2.45) is 5.92 Å². The molecule has 0 unspecified atom stereocenters. The molecule has 1 aliphatic carbocycles. The molecule has 4 rings (SSSR count). The quantitative estimate of drug-likeness (QED) is 0.733. The van der Waals surface area contributed by atoms with Gasteiger partial charge in [-0.2, -0.15) is 0 Å². The second-order valence-electron chi connectivity index (χ2n) is 5.82. The third-order valence-corrected chi connectivity index (χ3v) is 4.78. The lowest BCUT2D eigenvalue weighted by atomic mass is 10.2. The first kappa shape index (κ1) is 15.7. The van der Waals surface area contributed by atoms with E-state index in [-0.39, 0.29) is 5.91 Å². The number of carbonyl (C=O) groups excluding carboxylic acids is 1. The number of para-hydroxylation sites is 1. The Labute approximate surface area is 148 Å². The first-order valence-electron chi connectivity index (χ1n) is 8.05. The van der Waals surface area contributed by atoms with E-state index < -0.39 is 0 Å². The predicted molar refractivity (Wildman–Crippen MR) is 95.8 cm³/mol. The van der Waals surface area contributed by atoms with Gasteiger partial charge in [0, 0.05) is 18.6 Å². The van der Waals surface area contributed by atoms with Gasteiger partial charge in [0.15, 0.2) is 5.13 Å². The van der Waals surface area contributed by atoms with E-state index >= 15 is 0 Å². The molecule has 2 aromatic heterocycles. The molecule has 7 heteroatoms. The van der Waals surface area contributed by atoms with Crippen LogP contribution in [0.25, 0.3) is 10.6 Å². The van der Waals surface area contributed by atoms with Crippen molar-refractivity contribution in [1.29, 1.82) is 0 Å². The number of hydrogen-bond donors (Lipinski definition) is 1. The van der Waals surface area contributed by atoms with E-state index in [1.807, 2.05) is 18.2 Å². The molecule has 126 valence electrons. The monoisotopic (exact) mass is 352 g/mol. The minimum Gasteiger partial charge on any atom is -0.492 e. The molecule has 3 aromatic rings. The number of rotatable bonds is 6. The highest BCUT2D eigenvalue weighted by Crippen LogP contribution is 2.31. The lowest BCUT2D eigenvalue weighted by Crippen LogP contribution is -2.14. The zero-order valence-electron chi connectivity index (χ0n) is 13.4. The molecule has 1 aromatic carbocycles. The SMILES string of the molecule is O=C(Nc1ncc(-c2cnccn2)s1)c1ccccc1OCC1CC1. The summed E-state index contributed by atoms with van der Waals surface area (Å²) in [6.45, 7) is 0.665.